The van der Waals surface area contributed by atoms with E-state index >= 15 is 0 Å². The van der Waals surface area contributed by atoms with Gasteiger partial charge >= 0.3 is 0 Å². The van der Waals surface area contributed by atoms with Crippen LogP contribution in [-0.2, 0) is 0 Å². The van der Waals surface area contributed by atoms with Crippen molar-refractivity contribution in [3.05, 3.63) is 66.7 Å². The number of hydrogen-bond acceptors (Lipinski definition) is 7. The van der Waals surface area contributed by atoms with Crippen LogP contribution in [0.15, 0.2) is 50.3 Å². The standard InChI is InChI=1S/C24H31N3O4S/c1-9-16(32-13(2)3)22(24(4,5)6)26-18-17(20(29)21(18)30)25-15-12-10-11-14(19(15)28)23(31)27(7)8/h9-12,22,25-26,28H,2H2,1,3-8H3/b16-9-/t22-/m0/s1. The van der Waals surface area contributed by atoms with Crippen LogP contribution in [0.25, 0.3) is 0 Å². The molecule has 0 unspecified atom stereocenters. The molecule has 0 saturated heterocycles. The molecule has 2 aromatic rings. The number of amides is 1. The fraction of sp³-hybridized carbons (Fsp3) is 0.375. The molecule has 2 rings (SSSR count). The molecule has 1 amide bonds. The lowest BCUT2D eigenvalue weighted by atomic mass is 9.85. The maximum absolute atomic E-state index is 12.4. The first-order chi connectivity index (χ1) is 14.8. The number of para-hydroxylation sites is 1. The second kappa shape index (κ2) is 9.65. The van der Waals surface area contributed by atoms with Gasteiger partial charge in [0.2, 0.25) is 0 Å². The molecule has 1 atom stereocenters. The number of allylic oxidation sites excluding steroid dienone is 2. The minimum Gasteiger partial charge on any atom is -0.505 e. The van der Waals surface area contributed by atoms with E-state index < -0.39 is 10.9 Å². The minimum absolute atomic E-state index is 0.0600. The number of carbonyl (C=O) groups excluding carboxylic acids is 1. The molecule has 0 heterocycles. The summed E-state index contributed by atoms with van der Waals surface area (Å²) >= 11 is 1.51. The van der Waals surface area contributed by atoms with Crippen molar-refractivity contribution in [3.63, 3.8) is 0 Å². The SMILES string of the molecule is C=C(C)S/C(=C\C)[C@H](Nc1c(Nc2cccc(C(=O)N(C)C)c2O)c(=O)c1=O)C(C)(C)C. The first-order valence-electron chi connectivity index (χ1n) is 10.2. The van der Waals surface area contributed by atoms with Crippen LogP contribution in [0.1, 0.15) is 45.0 Å². The van der Waals surface area contributed by atoms with Crippen molar-refractivity contribution in [2.45, 2.75) is 40.7 Å². The molecule has 0 spiro atoms. The molecule has 2 aromatic carbocycles. The van der Waals surface area contributed by atoms with Crippen molar-refractivity contribution in [1.82, 2.24) is 4.90 Å². The number of anilines is 3. The zero-order valence-electron chi connectivity index (χ0n) is 19.6. The van der Waals surface area contributed by atoms with Gasteiger partial charge in [0.15, 0.2) is 5.75 Å². The van der Waals surface area contributed by atoms with Crippen molar-refractivity contribution in [2.75, 3.05) is 24.7 Å². The van der Waals surface area contributed by atoms with Gasteiger partial charge in [-0.3, -0.25) is 14.4 Å². The molecule has 7 nitrogen and oxygen atoms in total. The molecular formula is C24H31N3O4S. The fourth-order valence-corrected chi connectivity index (χ4v) is 4.24. The number of phenolic OH excluding ortho intramolecular Hbond substituents is 1. The molecule has 0 radical (unpaired) electrons. The Hall–Kier alpha value is -3.00. The maximum atomic E-state index is 12.4. The highest BCUT2D eigenvalue weighted by molar-refractivity contribution is 8.06. The Bertz CT molecular complexity index is 1140. The molecule has 0 aromatic heterocycles. The number of benzene rings is 1. The van der Waals surface area contributed by atoms with E-state index in [1.807, 2.05) is 40.7 Å². The van der Waals surface area contributed by atoms with Crippen LogP contribution in [0.5, 0.6) is 5.75 Å². The molecule has 0 fully saturated rings. The molecule has 0 aliphatic heterocycles. The summed E-state index contributed by atoms with van der Waals surface area (Å²) in [6, 6.07) is 4.37. The summed E-state index contributed by atoms with van der Waals surface area (Å²) in [7, 11) is 3.16. The number of phenols is 1. The van der Waals surface area contributed by atoms with Crippen LogP contribution in [-0.4, -0.2) is 36.1 Å². The van der Waals surface area contributed by atoms with E-state index in [2.05, 4.69) is 17.2 Å². The molecule has 0 aliphatic rings. The van der Waals surface area contributed by atoms with Gasteiger partial charge in [-0.15, -0.1) is 0 Å². The summed E-state index contributed by atoms with van der Waals surface area (Å²) < 4.78 is 0. The lowest BCUT2D eigenvalue weighted by Crippen LogP contribution is -2.43. The normalized spacial score (nSPS) is 13.0. The van der Waals surface area contributed by atoms with Crippen LogP contribution in [0, 0.1) is 5.41 Å². The van der Waals surface area contributed by atoms with Gasteiger partial charge in [-0.25, -0.2) is 0 Å². The maximum Gasteiger partial charge on any atom is 0.257 e. The van der Waals surface area contributed by atoms with Crippen molar-refractivity contribution in [2.24, 2.45) is 5.41 Å². The van der Waals surface area contributed by atoms with Gasteiger partial charge in [-0.05, 0) is 36.3 Å². The van der Waals surface area contributed by atoms with Crippen LogP contribution < -0.4 is 21.5 Å². The van der Waals surface area contributed by atoms with Crippen molar-refractivity contribution >= 4 is 34.7 Å². The third-order valence-corrected chi connectivity index (χ3v) is 5.91. The Labute approximate surface area is 192 Å². The zero-order valence-corrected chi connectivity index (χ0v) is 20.4. The average molecular weight is 458 g/mol. The number of rotatable bonds is 8. The van der Waals surface area contributed by atoms with Crippen molar-refractivity contribution < 1.29 is 9.90 Å². The molecule has 3 N–H and O–H groups in total. The van der Waals surface area contributed by atoms with Crippen LogP contribution in [0.4, 0.5) is 17.1 Å². The summed E-state index contributed by atoms with van der Waals surface area (Å²) in [6.07, 6.45) is 1.96. The second-order valence-corrected chi connectivity index (χ2v) is 10.2. The van der Waals surface area contributed by atoms with Crippen molar-refractivity contribution in [3.8, 4) is 5.75 Å². The molecule has 0 aliphatic carbocycles. The molecule has 0 saturated carbocycles. The van der Waals surface area contributed by atoms with E-state index in [0.717, 1.165) is 9.81 Å². The second-order valence-electron chi connectivity index (χ2n) is 8.87. The van der Waals surface area contributed by atoms with Crippen LogP contribution >= 0.6 is 11.8 Å². The highest BCUT2D eigenvalue weighted by atomic mass is 32.2. The summed E-state index contributed by atoms with van der Waals surface area (Å²) in [4.78, 5) is 40.3. The highest BCUT2D eigenvalue weighted by Gasteiger charge is 2.32. The number of thioether (sulfide) groups is 1. The molecule has 0 bridgehead atoms. The molecule has 32 heavy (non-hydrogen) atoms. The molecular weight excluding hydrogens is 426 g/mol. The number of carbonyl (C=O) groups is 1. The Kier molecular flexibility index (Phi) is 7.62. The van der Waals surface area contributed by atoms with Gasteiger partial charge in [0, 0.05) is 19.0 Å². The summed E-state index contributed by atoms with van der Waals surface area (Å²) in [6.45, 7) is 13.9. The third kappa shape index (κ3) is 5.24. The van der Waals surface area contributed by atoms with Crippen molar-refractivity contribution in [1.29, 1.82) is 0 Å². The first-order valence-corrected chi connectivity index (χ1v) is 11.0. The molecule has 172 valence electrons. The van der Waals surface area contributed by atoms with E-state index in [1.165, 1.54) is 28.8 Å². The monoisotopic (exact) mass is 457 g/mol. The predicted molar refractivity (Wildman–Crippen MR) is 134 cm³/mol. The van der Waals surface area contributed by atoms with Gasteiger partial charge in [0.25, 0.3) is 16.8 Å². The number of nitrogens with one attached hydrogen (secondary N) is 2. The summed E-state index contributed by atoms with van der Waals surface area (Å²) in [5.74, 6) is -0.665. The van der Waals surface area contributed by atoms with E-state index in [4.69, 9.17) is 0 Å². The predicted octanol–water partition coefficient (Wildman–Crippen LogP) is 4.43. The number of aromatic hydroxyl groups is 1. The number of nitrogens with zero attached hydrogens (tertiary/aromatic N) is 1. The third-order valence-electron chi connectivity index (χ3n) is 4.86. The van der Waals surface area contributed by atoms with E-state index in [0.29, 0.717) is 0 Å². The zero-order chi connectivity index (χ0) is 24.4. The van der Waals surface area contributed by atoms with Crippen LogP contribution in [0.2, 0.25) is 0 Å². The highest BCUT2D eigenvalue weighted by Crippen LogP contribution is 2.38. The van der Waals surface area contributed by atoms with Gasteiger partial charge in [0.1, 0.15) is 11.4 Å². The average Bonchev–Trinajstić information content (AvgIpc) is 2.70. The van der Waals surface area contributed by atoms with Gasteiger partial charge in [-0.1, -0.05) is 51.3 Å². The van der Waals surface area contributed by atoms with E-state index in [9.17, 15) is 19.5 Å². The quantitative estimate of drug-likeness (QED) is 0.398. The van der Waals surface area contributed by atoms with Gasteiger partial charge in [0.05, 0.1) is 17.3 Å². The fourth-order valence-electron chi connectivity index (χ4n) is 3.19. The lowest BCUT2D eigenvalue weighted by molar-refractivity contribution is 0.0824. The first kappa shape index (κ1) is 25.3. The minimum atomic E-state index is -0.682. The largest absolute Gasteiger partial charge is 0.505 e. The van der Waals surface area contributed by atoms with Crippen LogP contribution in [0.3, 0.4) is 0 Å². The Balaban J connectivity index is 2.44. The lowest BCUT2D eigenvalue weighted by Gasteiger charge is -2.35. The Morgan fingerprint density at radius 1 is 1.19 bits per heavy atom. The van der Waals surface area contributed by atoms with Gasteiger partial charge in [-0.2, -0.15) is 0 Å². The van der Waals surface area contributed by atoms with E-state index in [-0.39, 0.29) is 45.7 Å². The Morgan fingerprint density at radius 3 is 2.28 bits per heavy atom. The topological polar surface area (TPSA) is 98.7 Å². The summed E-state index contributed by atoms with van der Waals surface area (Å²) in [5, 5.41) is 16.7. The van der Waals surface area contributed by atoms with E-state index in [1.54, 1.807) is 20.2 Å². The number of hydrogen-bond donors (Lipinski definition) is 3. The van der Waals surface area contributed by atoms with Gasteiger partial charge < -0.3 is 20.6 Å². The summed E-state index contributed by atoms with van der Waals surface area (Å²) in [5.41, 5.74) is -1.11. The Morgan fingerprint density at radius 2 is 1.78 bits per heavy atom. The smallest absolute Gasteiger partial charge is 0.257 e. The molecule has 8 heteroatoms.